The fraction of sp³-hybridized carbons (Fsp3) is 0.353. The zero-order valence-corrected chi connectivity index (χ0v) is 11.4. The Kier molecular flexibility index (Phi) is 4.80. The summed E-state index contributed by atoms with van der Waals surface area (Å²) in [6.07, 6.45) is 4.80. The topological polar surface area (TPSA) is 33.0 Å². The van der Waals surface area contributed by atoms with Crippen molar-refractivity contribution in [3.05, 3.63) is 42.0 Å². The molecule has 98 valence electrons. The second-order valence-electron chi connectivity index (χ2n) is 4.68. The first-order chi connectivity index (χ1) is 9.36. The van der Waals surface area contributed by atoms with Crippen LogP contribution in [0.25, 0.3) is 10.8 Å². The van der Waals surface area contributed by atoms with Gasteiger partial charge in [0.05, 0.1) is 18.2 Å². The van der Waals surface area contributed by atoms with Crippen molar-refractivity contribution in [3.8, 4) is 11.8 Å². The van der Waals surface area contributed by atoms with Gasteiger partial charge in [0.25, 0.3) is 0 Å². The number of nitrogens with zero attached hydrogens (tertiary/aromatic N) is 1. The Morgan fingerprint density at radius 2 is 1.79 bits per heavy atom. The molecule has 0 aliphatic heterocycles. The Morgan fingerprint density at radius 1 is 1.00 bits per heavy atom. The van der Waals surface area contributed by atoms with Gasteiger partial charge in [0.15, 0.2) is 0 Å². The van der Waals surface area contributed by atoms with E-state index in [0.717, 1.165) is 29.5 Å². The number of unbranched alkanes of at least 4 members (excludes halogenated alkanes) is 3. The van der Waals surface area contributed by atoms with Gasteiger partial charge in [-0.15, -0.1) is 0 Å². The first-order valence-electron chi connectivity index (χ1n) is 6.91. The summed E-state index contributed by atoms with van der Waals surface area (Å²) < 4.78 is 5.86. The molecular formula is C17H19NO. The maximum Gasteiger partial charge on any atom is 0.127 e. The van der Waals surface area contributed by atoms with Crippen LogP contribution in [0, 0.1) is 11.3 Å². The molecule has 0 unspecified atom stereocenters. The van der Waals surface area contributed by atoms with E-state index in [1.807, 2.05) is 36.4 Å². The summed E-state index contributed by atoms with van der Waals surface area (Å²) in [5.41, 5.74) is 0.703. The molecule has 19 heavy (non-hydrogen) atoms. The van der Waals surface area contributed by atoms with Crippen molar-refractivity contribution < 1.29 is 4.74 Å². The fourth-order valence-corrected chi connectivity index (χ4v) is 2.21. The minimum atomic E-state index is 0.703. The van der Waals surface area contributed by atoms with E-state index in [1.54, 1.807) is 0 Å². The molecule has 2 aromatic rings. The van der Waals surface area contributed by atoms with Crippen LogP contribution in [0.4, 0.5) is 0 Å². The molecule has 0 spiro atoms. The molecule has 0 N–H and O–H groups in total. The van der Waals surface area contributed by atoms with Gasteiger partial charge in [-0.25, -0.2) is 0 Å². The van der Waals surface area contributed by atoms with Gasteiger partial charge in [-0.1, -0.05) is 50.5 Å². The van der Waals surface area contributed by atoms with Crippen LogP contribution in [-0.4, -0.2) is 6.61 Å². The average Bonchev–Trinajstić information content (AvgIpc) is 2.47. The quantitative estimate of drug-likeness (QED) is 0.701. The number of hydrogen-bond donors (Lipinski definition) is 0. The molecular weight excluding hydrogens is 234 g/mol. The molecule has 0 fully saturated rings. The van der Waals surface area contributed by atoms with E-state index in [-0.39, 0.29) is 0 Å². The lowest BCUT2D eigenvalue weighted by Crippen LogP contribution is -1.98. The van der Waals surface area contributed by atoms with E-state index in [2.05, 4.69) is 13.0 Å². The van der Waals surface area contributed by atoms with Crippen molar-refractivity contribution in [1.82, 2.24) is 0 Å². The molecule has 0 aromatic heterocycles. The minimum Gasteiger partial charge on any atom is -0.493 e. The summed E-state index contributed by atoms with van der Waals surface area (Å²) in [4.78, 5) is 0. The molecule has 0 bridgehead atoms. The van der Waals surface area contributed by atoms with Crippen LogP contribution in [0.1, 0.15) is 38.2 Å². The summed E-state index contributed by atoms with van der Waals surface area (Å²) in [6.45, 7) is 2.95. The summed E-state index contributed by atoms with van der Waals surface area (Å²) in [5, 5.41) is 11.1. The van der Waals surface area contributed by atoms with Crippen LogP contribution in [0.15, 0.2) is 36.4 Å². The molecule has 0 heterocycles. The van der Waals surface area contributed by atoms with E-state index < -0.39 is 0 Å². The summed E-state index contributed by atoms with van der Waals surface area (Å²) in [5.74, 6) is 0.881. The highest BCUT2D eigenvalue weighted by atomic mass is 16.5. The molecule has 0 saturated heterocycles. The van der Waals surface area contributed by atoms with Gasteiger partial charge in [0.1, 0.15) is 5.75 Å². The molecule has 0 saturated carbocycles. The third-order valence-electron chi connectivity index (χ3n) is 3.26. The normalized spacial score (nSPS) is 10.3. The molecule has 2 nitrogen and oxygen atoms in total. The highest BCUT2D eigenvalue weighted by molar-refractivity contribution is 5.92. The maximum atomic E-state index is 9.11. The van der Waals surface area contributed by atoms with Gasteiger partial charge in [-0.3, -0.25) is 0 Å². The second-order valence-corrected chi connectivity index (χ2v) is 4.68. The van der Waals surface area contributed by atoms with Gasteiger partial charge < -0.3 is 4.74 Å². The number of fused-ring (bicyclic) bond motifs is 1. The molecule has 0 amide bonds. The zero-order valence-electron chi connectivity index (χ0n) is 11.4. The van der Waals surface area contributed by atoms with Gasteiger partial charge >= 0.3 is 0 Å². The van der Waals surface area contributed by atoms with Crippen LogP contribution in [0.3, 0.4) is 0 Å². The number of benzene rings is 2. The lowest BCUT2D eigenvalue weighted by Gasteiger charge is -2.10. The van der Waals surface area contributed by atoms with Gasteiger partial charge in [0.2, 0.25) is 0 Å². The molecule has 0 aliphatic rings. The smallest absolute Gasteiger partial charge is 0.127 e. The Bertz CT molecular complexity index is 583. The van der Waals surface area contributed by atoms with Crippen LogP contribution < -0.4 is 4.74 Å². The van der Waals surface area contributed by atoms with Crippen molar-refractivity contribution >= 4 is 10.8 Å². The highest BCUT2D eigenvalue weighted by Crippen LogP contribution is 2.28. The Labute approximate surface area is 114 Å². The highest BCUT2D eigenvalue weighted by Gasteiger charge is 2.05. The van der Waals surface area contributed by atoms with E-state index in [0.29, 0.717) is 5.56 Å². The van der Waals surface area contributed by atoms with Crippen LogP contribution in [0.2, 0.25) is 0 Å². The Morgan fingerprint density at radius 3 is 2.53 bits per heavy atom. The Hall–Kier alpha value is -2.01. The van der Waals surface area contributed by atoms with Gasteiger partial charge in [0, 0.05) is 10.8 Å². The second kappa shape index (κ2) is 6.80. The van der Waals surface area contributed by atoms with Gasteiger partial charge in [-0.05, 0) is 18.6 Å². The Balaban J connectivity index is 2.14. The third kappa shape index (κ3) is 3.26. The van der Waals surface area contributed by atoms with E-state index in [4.69, 9.17) is 10.00 Å². The average molecular weight is 253 g/mol. The number of hydrogen-bond acceptors (Lipinski definition) is 2. The molecule has 2 heteroatoms. The van der Waals surface area contributed by atoms with E-state index >= 15 is 0 Å². The molecule has 2 aromatic carbocycles. The SMILES string of the molecule is CCCCCCOc1ccc(C#N)c2ccccc12. The van der Waals surface area contributed by atoms with Gasteiger partial charge in [-0.2, -0.15) is 5.26 Å². The molecule has 2 rings (SSSR count). The number of ether oxygens (including phenoxy) is 1. The standard InChI is InChI=1S/C17H19NO/c1-2-3-4-7-12-19-17-11-10-14(13-18)15-8-5-6-9-16(15)17/h5-6,8-11H,2-4,7,12H2,1H3. The molecule has 0 radical (unpaired) electrons. The van der Waals surface area contributed by atoms with Crippen molar-refractivity contribution in [2.24, 2.45) is 0 Å². The summed E-state index contributed by atoms with van der Waals surface area (Å²) >= 11 is 0. The number of rotatable bonds is 6. The third-order valence-corrected chi connectivity index (χ3v) is 3.26. The zero-order chi connectivity index (χ0) is 13.5. The van der Waals surface area contributed by atoms with Crippen LogP contribution in [-0.2, 0) is 0 Å². The van der Waals surface area contributed by atoms with E-state index in [9.17, 15) is 0 Å². The lowest BCUT2D eigenvalue weighted by molar-refractivity contribution is 0.308. The molecule has 0 aliphatic carbocycles. The first-order valence-corrected chi connectivity index (χ1v) is 6.91. The van der Waals surface area contributed by atoms with Crippen LogP contribution in [0.5, 0.6) is 5.75 Å². The van der Waals surface area contributed by atoms with Crippen molar-refractivity contribution in [2.45, 2.75) is 32.6 Å². The predicted octanol–water partition coefficient (Wildman–Crippen LogP) is 4.67. The molecule has 0 atom stereocenters. The van der Waals surface area contributed by atoms with Crippen molar-refractivity contribution in [1.29, 1.82) is 5.26 Å². The van der Waals surface area contributed by atoms with Crippen molar-refractivity contribution in [2.75, 3.05) is 6.61 Å². The minimum absolute atomic E-state index is 0.703. The summed E-state index contributed by atoms with van der Waals surface area (Å²) in [7, 11) is 0. The van der Waals surface area contributed by atoms with Crippen molar-refractivity contribution in [3.63, 3.8) is 0 Å². The fourth-order valence-electron chi connectivity index (χ4n) is 2.21. The maximum absolute atomic E-state index is 9.11. The first kappa shape index (κ1) is 13.4. The number of nitriles is 1. The van der Waals surface area contributed by atoms with Crippen LogP contribution >= 0.6 is 0 Å². The van der Waals surface area contributed by atoms with E-state index in [1.165, 1.54) is 19.3 Å². The summed E-state index contributed by atoms with van der Waals surface area (Å²) in [6, 6.07) is 13.9. The monoisotopic (exact) mass is 253 g/mol. The largest absolute Gasteiger partial charge is 0.493 e. The predicted molar refractivity (Wildman–Crippen MR) is 78.3 cm³/mol. The lowest BCUT2D eigenvalue weighted by atomic mass is 10.0.